The summed E-state index contributed by atoms with van der Waals surface area (Å²) in [6.45, 7) is 1.72. The number of aromatic nitrogens is 2. The Kier molecular flexibility index (Phi) is 3.41. The molecule has 1 aromatic carbocycles. The highest BCUT2D eigenvalue weighted by atomic mass is 19.1. The Bertz CT molecular complexity index is 501. The number of rotatable bonds is 3. The highest BCUT2D eigenvalue weighted by Gasteiger charge is 2.14. The second-order valence-corrected chi connectivity index (χ2v) is 3.74. The normalized spacial score (nSPS) is 12.4. The highest BCUT2D eigenvalue weighted by molar-refractivity contribution is 5.30. The van der Waals surface area contributed by atoms with E-state index in [9.17, 15) is 4.39 Å². The first kappa shape index (κ1) is 11.6. The molecule has 4 nitrogen and oxygen atoms in total. The number of nitrogens with zero attached hydrogens (tertiary/aromatic N) is 2. The van der Waals surface area contributed by atoms with E-state index in [0.29, 0.717) is 11.3 Å². The predicted molar refractivity (Wildman–Crippen MR) is 62.3 cm³/mol. The molecule has 5 heteroatoms. The first-order valence-corrected chi connectivity index (χ1v) is 5.20. The van der Waals surface area contributed by atoms with Gasteiger partial charge in [0.15, 0.2) is 0 Å². The molecule has 0 spiro atoms. The number of nitrogens with one attached hydrogen (secondary N) is 1. The largest absolute Gasteiger partial charge is 0.271 e. The zero-order chi connectivity index (χ0) is 12.3. The molecule has 2 aromatic rings. The molecule has 1 atom stereocenters. The van der Waals surface area contributed by atoms with Crippen LogP contribution in [-0.2, 0) is 0 Å². The van der Waals surface area contributed by atoms with E-state index in [-0.39, 0.29) is 11.9 Å². The molecule has 0 radical (unpaired) electrons. The lowest BCUT2D eigenvalue weighted by molar-refractivity contribution is 0.592. The third-order valence-electron chi connectivity index (χ3n) is 2.60. The van der Waals surface area contributed by atoms with Crippen molar-refractivity contribution >= 4 is 0 Å². The summed E-state index contributed by atoms with van der Waals surface area (Å²) in [6.07, 6.45) is 3.06. The van der Waals surface area contributed by atoms with Gasteiger partial charge >= 0.3 is 0 Å². The molecule has 1 aromatic heterocycles. The van der Waals surface area contributed by atoms with Gasteiger partial charge < -0.3 is 0 Å². The monoisotopic (exact) mass is 232 g/mol. The van der Waals surface area contributed by atoms with Crippen LogP contribution in [0.4, 0.5) is 4.39 Å². The molecular formula is C12H13FN4. The number of halogens is 1. The number of hydrazine groups is 1. The van der Waals surface area contributed by atoms with Crippen LogP contribution in [-0.4, -0.2) is 9.97 Å². The van der Waals surface area contributed by atoms with Gasteiger partial charge in [-0.25, -0.2) is 19.8 Å². The van der Waals surface area contributed by atoms with Crippen LogP contribution in [0.5, 0.6) is 0 Å². The van der Waals surface area contributed by atoms with E-state index in [1.165, 1.54) is 12.4 Å². The summed E-state index contributed by atoms with van der Waals surface area (Å²) in [5.41, 5.74) is 4.66. The fourth-order valence-electron chi connectivity index (χ4n) is 1.61. The van der Waals surface area contributed by atoms with Gasteiger partial charge in [0, 0.05) is 6.20 Å². The lowest BCUT2D eigenvalue weighted by Crippen LogP contribution is -2.29. The van der Waals surface area contributed by atoms with E-state index < -0.39 is 0 Å². The van der Waals surface area contributed by atoms with Gasteiger partial charge in [-0.1, -0.05) is 12.1 Å². The minimum Gasteiger partial charge on any atom is -0.271 e. The zero-order valence-corrected chi connectivity index (χ0v) is 9.39. The Morgan fingerprint density at radius 1 is 1.35 bits per heavy atom. The number of hydrogen-bond donors (Lipinski definition) is 2. The Labute approximate surface area is 98.7 Å². The molecule has 88 valence electrons. The smallest absolute Gasteiger partial charge is 0.126 e. The molecule has 0 saturated heterocycles. The van der Waals surface area contributed by atoms with Gasteiger partial charge in [-0.15, -0.1) is 0 Å². The number of aryl methyl sites for hydroxylation is 1. The van der Waals surface area contributed by atoms with Crippen molar-refractivity contribution in [3.8, 4) is 0 Å². The molecule has 0 aliphatic heterocycles. The van der Waals surface area contributed by atoms with Crippen molar-refractivity contribution < 1.29 is 4.39 Å². The van der Waals surface area contributed by atoms with Crippen LogP contribution in [0.15, 0.2) is 36.8 Å². The van der Waals surface area contributed by atoms with Crippen molar-refractivity contribution in [2.45, 2.75) is 13.0 Å². The lowest BCUT2D eigenvalue weighted by atomic mass is 10.0. The van der Waals surface area contributed by atoms with Crippen molar-refractivity contribution in [2.24, 2.45) is 5.84 Å². The summed E-state index contributed by atoms with van der Waals surface area (Å²) in [5, 5.41) is 0. The number of nitrogens with two attached hydrogens (primary N) is 1. The van der Waals surface area contributed by atoms with Crippen LogP contribution in [0.25, 0.3) is 0 Å². The second kappa shape index (κ2) is 4.99. The van der Waals surface area contributed by atoms with E-state index >= 15 is 0 Å². The summed E-state index contributed by atoms with van der Waals surface area (Å²) in [6, 6.07) is 6.40. The third kappa shape index (κ3) is 2.46. The van der Waals surface area contributed by atoms with Gasteiger partial charge in [-0.3, -0.25) is 5.84 Å². The standard InChI is InChI=1S/C12H13FN4/c1-8-2-3-9(6-10(8)13)12(17-14)11-4-5-15-7-16-11/h2-7,12,17H,14H2,1H3. The Morgan fingerprint density at radius 3 is 2.76 bits per heavy atom. The summed E-state index contributed by atoms with van der Waals surface area (Å²) in [4.78, 5) is 7.94. The molecule has 0 fully saturated rings. The van der Waals surface area contributed by atoms with Crippen LogP contribution in [0, 0.1) is 12.7 Å². The molecule has 0 amide bonds. The number of hydrogen-bond acceptors (Lipinski definition) is 4. The summed E-state index contributed by atoms with van der Waals surface area (Å²) >= 11 is 0. The quantitative estimate of drug-likeness (QED) is 0.621. The maximum Gasteiger partial charge on any atom is 0.126 e. The molecule has 0 aliphatic carbocycles. The summed E-state index contributed by atoms with van der Waals surface area (Å²) in [5.74, 6) is 5.24. The average Bonchev–Trinajstić information content (AvgIpc) is 2.36. The average molecular weight is 232 g/mol. The van der Waals surface area contributed by atoms with Crippen LogP contribution in [0.2, 0.25) is 0 Å². The van der Waals surface area contributed by atoms with E-state index in [4.69, 9.17) is 5.84 Å². The third-order valence-corrected chi connectivity index (χ3v) is 2.60. The van der Waals surface area contributed by atoms with Gasteiger partial charge in [0.25, 0.3) is 0 Å². The molecule has 2 rings (SSSR count). The molecule has 3 N–H and O–H groups in total. The van der Waals surface area contributed by atoms with Gasteiger partial charge in [-0.2, -0.15) is 0 Å². The van der Waals surface area contributed by atoms with Crippen molar-refractivity contribution in [1.29, 1.82) is 0 Å². The molecule has 1 unspecified atom stereocenters. The van der Waals surface area contributed by atoms with Crippen molar-refractivity contribution in [2.75, 3.05) is 0 Å². The maximum atomic E-state index is 13.5. The fraction of sp³-hybridized carbons (Fsp3) is 0.167. The zero-order valence-electron chi connectivity index (χ0n) is 9.39. The van der Waals surface area contributed by atoms with Crippen molar-refractivity contribution in [3.63, 3.8) is 0 Å². The van der Waals surface area contributed by atoms with Crippen LogP contribution >= 0.6 is 0 Å². The predicted octanol–water partition coefficient (Wildman–Crippen LogP) is 1.48. The molecule has 17 heavy (non-hydrogen) atoms. The molecular weight excluding hydrogens is 219 g/mol. The Hall–Kier alpha value is -1.85. The minimum absolute atomic E-state index is 0.253. The SMILES string of the molecule is Cc1ccc(C(NN)c2ccncn2)cc1F. The summed E-state index contributed by atoms with van der Waals surface area (Å²) < 4.78 is 13.5. The van der Waals surface area contributed by atoms with Crippen molar-refractivity contribution in [1.82, 2.24) is 15.4 Å². The first-order chi connectivity index (χ1) is 8.22. The van der Waals surface area contributed by atoms with E-state index in [0.717, 1.165) is 5.56 Å². The maximum absolute atomic E-state index is 13.5. The Balaban J connectivity index is 2.39. The van der Waals surface area contributed by atoms with Crippen LogP contribution in [0.1, 0.15) is 22.9 Å². The van der Waals surface area contributed by atoms with Crippen LogP contribution < -0.4 is 11.3 Å². The molecule has 1 heterocycles. The van der Waals surface area contributed by atoms with Crippen LogP contribution in [0.3, 0.4) is 0 Å². The minimum atomic E-state index is -0.340. The topological polar surface area (TPSA) is 63.8 Å². The second-order valence-electron chi connectivity index (χ2n) is 3.74. The van der Waals surface area contributed by atoms with Crippen molar-refractivity contribution in [3.05, 3.63) is 59.4 Å². The Morgan fingerprint density at radius 2 is 2.18 bits per heavy atom. The van der Waals surface area contributed by atoms with E-state index in [2.05, 4.69) is 15.4 Å². The molecule has 0 saturated carbocycles. The van der Waals surface area contributed by atoms with E-state index in [1.807, 2.05) is 6.07 Å². The van der Waals surface area contributed by atoms with Gasteiger partial charge in [-0.05, 0) is 30.2 Å². The van der Waals surface area contributed by atoms with Gasteiger partial charge in [0.05, 0.1) is 11.7 Å². The summed E-state index contributed by atoms with van der Waals surface area (Å²) in [7, 11) is 0. The molecule has 0 aliphatic rings. The van der Waals surface area contributed by atoms with E-state index in [1.54, 1.807) is 25.3 Å². The lowest BCUT2D eigenvalue weighted by Gasteiger charge is -2.15. The van der Waals surface area contributed by atoms with Gasteiger partial charge in [0.1, 0.15) is 12.1 Å². The highest BCUT2D eigenvalue weighted by Crippen LogP contribution is 2.20. The first-order valence-electron chi connectivity index (χ1n) is 5.20. The fourth-order valence-corrected chi connectivity index (χ4v) is 1.61. The van der Waals surface area contributed by atoms with Gasteiger partial charge in [0.2, 0.25) is 0 Å². The molecule has 0 bridgehead atoms. The number of benzene rings is 1.